The monoisotopic (exact) mass is 363 g/mol. The fraction of sp³-hybridized carbons (Fsp3) is 0.389. The number of ether oxygens (including phenoxy) is 1. The summed E-state index contributed by atoms with van der Waals surface area (Å²) in [6.07, 6.45) is 1.98. The van der Waals surface area contributed by atoms with Gasteiger partial charge in [0.2, 0.25) is 0 Å². The molecule has 25 heavy (non-hydrogen) atoms. The molecule has 1 fully saturated rings. The van der Waals surface area contributed by atoms with Crippen molar-refractivity contribution in [1.29, 1.82) is 0 Å². The van der Waals surface area contributed by atoms with Gasteiger partial charge in [-0.05, 0) is 37.1 Å². The zero-order valence-corrected chi connectivity index (χ0v) is 14.9. The van der Waals surface area contributed by atoms with Gasteiger partial charge in [-0.25, -0.2) is 8.42 Å². The number of carbonyl (C=O) groups is 1. The van der Waals surface area contributed by atoms with E-state index in [9.17, 15) is 13.2 Å². The number of benzene rings is 1. The molecule has 1 saturated heterocycles. The molecule has 3 rings (SSSR count). The Hall–Kier alpha value is -2.28. The number of hydrogen-bond acceptors (Lipinski definition) is 5. The number of sulfone groups is 1. The summed E-state index contributed by atoms with van der Waals surface area (Å²) in [6, 6.07) is 10.6. The third-order valence-electron chi connectivity index (χ3n) is 4.32. The molecule has 1 aliphatic heterocycles. The third kappa shape index (κ3) is 4.42. The highest BCUT2D eigenvalue weighted by atomic mass is 32.2. The van der Waals surface area contributed by atoms with Crippen LogP contribution in [0.3, 0.4) is 0 Å². The van der Waals surface area contributed by atoms with E-state index in [4.69, 9.17) is 9.15 Å². The van der Waals surface area contributed by atoms with E-state index >= 15 is 0 Å². The Balaban J connectivity index is 1.71. The van der Waals surface area contributed by atoms with Crippen LogP contribution < -0.4 is 4.74 Å². The number of rotatable bonds is 6. The van der Waals surface area contributed by atoms with Gasteiger partial charge < -0.3 is 14.1 Å². The van der Waals surface area contributed by atoms with Gasteiger partial charge in [-0.15, -0.1) is 0 Å². The Labute approximate surface area is 147 Å². The minimum Gasteiger partial charge on any atom is -0.484 e. The van der Waals surface area contributed by atoms with E-state index in [1.54, 1.807) is 23.1 Å². The predicted octanol–water partition coefficient (Wildman–Crippen LogP) is 2.18. The maximum Gasteiger partial charge on any atom is 0.261 e. The first kappa shape index (κ1) is 17.5. The fourth-order valence-electron chi connectivity index (χ4n) is 2.95. The largest absolute Gasteiger partial charge is 0.484 e. The molecule has 134 valence electrons. The summed E-state index contributed by atoms with van der Waals surface area (Å²) < 4.78 is 34.6. The first-order chi connectivity index (χ1) is 11.9. The highest BCUT2D eigenvalue weighted by molar-refractivity contribution is 7.91. The van der Waals surface area contributed by atoms with Crippen molar-refractivity contribution in [2.24, 2.45) is 0 Å². The highest BCUT2D eigenvalue weighted by Gasteiger charge is 2.35. The molecule has 0 aliphatic carbocycles. The average Bonchev–Trinajstić information content (AvgIpc) is 3.20. The van der Waals surface area contributed by atoms with Crippen LogP contribution in [0.25, 0.3) is 0 Å². The van der Waals surface area contributed by atoms with E-state index in [1.807, 2.05) is 25.1 Å². The molecule has 0 saturated carbocycles. The molecule has 0 N–H and O–H groups in total. The van der Waals surface area contributed by atoms with E-state index in [2.05, 4.69) is 0 Å². The van der Waals surface area contributed by atoms with Gasteiger partial charge in [0.15, 0.2) is 16.4 Å². The minimum atomic E-state index is -3.09. The van der Waals surface area contributed by atoms with Gasteiger partial charge in [0.1, 0.15) is 11.5 Å². The number of aryl methyl sites for hydroxylation is 1. The number of carbonyl (C=O) groups excluding carboxylic acids is 1. The Morgan fingerprint density at radius 3 is 2.72 bits per heavy atom. The van der Waals surface area contributed by atoms with Gasteiger partial charge in [-0.3, -0.25) is 4.79 Å². The number of nitrogens with zero attached hydrogens (tertiary/aromatic N) is 1. The first-order valence-corrected chi connectivity index (χ1v) is 9.97. The maximum atomic E-state index is 12.7. The Morgan fingerprint density at radius 1 is 1.28 bits per heavy atom. The smallest absolute Gasteiger partial charge is 0.261 e. The number of amides is 1. The van der Waals surface area contributed by atoms with E-state index in [0.29, 0.717) is 17.9 Å². The second-order valence-electron chi connectivity index (χ2n) is 6.21. The van der Waals surface area contributed by atoms with Gasteiger partial charge in [0.25, 0.3) is 5.91 Å². The van der Waals surface area contributed by atoms with E-state index in [1.165, 1.54) is 6.26 Å². The molecule has 7 heteroatoms. The topological polar surface area (TPSA) is 76.8 Å². The SMILES string of the molecule is Cc1ccccc1OCC(=O)N(Cc1ccco1)[C@@H]1CCS(=O)(=O)C1. The lowest BCUT2D eigenvalue weighted by Gasteiger charge is -2.27. The molecule has 0 unspecified atom stereocenters. The predicted molar refractivity (Wildman–Crippen MR) is 93.0 cm³/mol. The molecule has 0 bridgehead atoms. The molecule has 0 radical (unpaired) electrons. The van der Waals surface area contributed by atoms with Gasteiger partial charge in [0, 0.05) is 6.04 Å². The van der Waals surface area contributed by atoms with Crippen LogP contribution in [0.4, 0.5) is 0 Å². The van der Waals surface area contributed by atoms with Crippen molar-refractivity contribution in [3.63, 3.8) is 0 Å². The molecule has 1 aliphatic rings. The third-order valence-corrected chi connectivity index (χ3v) is 6.07. The number of para-hydroxylation sites is 1. The molecule has 1 amide bonds. The normalized spacial score (nSPS) is 18.8. The summed E-state index contributed by atoms with van der Waals surface area (Å²) in [6.45, 7) is 2.01. The highest BCUT2D eigenvalue weighted by Crippen LogP contribution is 2.21. The van der Waals surface area contributed by atoms with Crippen molar-refractivity contribution in [3.8, 4) is 5.75 Å². The molecule has 6 nitrogen and oxygen atoms in total. The van der Waals surface area contributed by atoms with Crippen LogP contribution >= 0.6 is 0 Å². The van der Waals surface area contributed by atoms with Crippen LogP contribution in [0.5, 0.6) is 5.75 Å². The van der Waals surface area contributed by atoms with Crippen molar-refractivity contribution in [2.45, 2.75) is 25.9 Å². The van der Waals surface area contributed by atoms with Crippen LogP contribution in [-0.2, 0) is 21.2 Å². The summed E-state index contributed by atoms with van der Waals surface area (Å²) in [4.78, 5) is 14.3. The van der Waals surface area contributed by atoms with Gasteiger partial charge in [-0.1, -0.05) is 18.2 Å². The average molecular weight is 363 g/mol. The standard InChI is InChI=1S/C18H21NO5S/c1-14-5-2-3-7-17(14)24-12-18(20)19(11-16-6-4-9-23-16)15-8-10-25(21,22)13-15/h2-7,9,15H,8,10-13H2,1H3/t15-/m1/s1. The van der Waals surface area contributed by atoms with Crippen LogP contribution in [0.1, 0.15) is 17.7 Å². The van der Waals surface area contributed by atoms with Crippen LogP contribution in [0, 0.1) is 6.92 Å². The first-order valence-electron chi connectivity index (χ1n) is 8.15. The Bertz CT molecular complexity index is 829. The van der Waals surface area contributed by atoms with Crippen molar-refractivity contribution < 1.29 is 22.4 Å². The van der Waals surface area contributed by atoms with Crippen molar-refractivity contribution in [3.05, 3.63) is 54.0 Å². The van der Waals surface area contributed by atoms with E-state index in [-0.39, 0.29) is 36.6 Å². The van der Waals surface area contributed by atoms with E-state index < -0.39 is 9.84 Å². The number of hydrogen-bond donors (Lipinski definition) is 0. The maximum absolute atomic E-state index is 12.7. The Morgan fingerprint density at radius 2 is 2.08 bits per heavy atom. The van der Waals surface area contributed by atoms with Crippen LogP contribution in [0.15, 0.2) is 47.1 Å². The van der Waals surface area contributed by atoms with Gasteiger partial charge in [-0.2, -0.15) is 0 Å². The Kier molecular flexibility index (Phi) is 5.13. The molecule has 1 aromatic carbocycles. The number of furan rings is 1. The summed E-state index contributed by atoms with van der Waals surface area (Å²) in [5.41, 5.74) is 0.941. The molecule has 2 heterocycles. The summed E-state index contributed by atoms with van der Waals surface area (Å²) in [5, 5.41) is 0. The molecule has 2 aromatic rings. The summed E-state index contributed by atoms with van der Waals surface area (Å²) in [5.74, 6) is 1.12. The van der Waals surface area contributed by atoms with Crippen molar-refractivity contribution >= 4 is 15.7 Å². The summed E-state index contributed by atoms with van der Waals surface area (Å²) >= 11 is 0. The van der Waals surface area contributed by atoms with Crippen LogP contribution in [-0.4, -0.2) is 43.4 Å². The lowest BCUT2D eigenvalue weighted by Crippen LogP contribution is -2.43. The zero-order chi connectivity index (χ0) is 17.9. The van der Waals surface area contributed by atoms with E-state index in [0.717, 1.165) is 5.56 Å². The minimum absolute atomic E-state index is 0.0101. The quantitative estimate of drug-likeness (QED) is 0.786. The lowest BCUT2D eigenvalue weighted by atomic mass is 10.2. The molecular weight excluding hydrogens is 342 g/mol. The molecule has 1 atom stereocenters. The summed E-state index contributed by atoms with van der Waals surface area (Å²) in [7, 11) is -3.09. The molecular formula is C18H21NO5S. The molecule has 1 aromatic heterocycles. The van der Waals surface area contributed by atoms with Crippen LogP contribution in [0.2, 0.25) is 0 Å². The molecule has 0 spiro atoms. The zero-order valence-electron chi connectivity index (χ0n) is 14.1. The second kappa shape index (κ2) is 7.31. The fourth-order valence-corrected chi connectivity index (χ4v) is 4.68. The van der Waals surface area contributed by atoms with Gasteiger partial charge in [0.05, 0.1) is 24.3 Å². The van der Waals surface area contributed by atoms with Crippen molar-refractivity contribution in [2.75, 3.05) is 18.1 Å². The lowest BCUT2D eigenvalue weighted by molar-refractivity contribution is -0.136. The van der Waals surface area contributed by atoms with Crippen molar-refractivity contribution in [1.82, 2.24) is 4.90 Å². The van der Waals surface area contributed by atoms with Gasteiger partial charge >= 0.3 is 0 Å². The second-order valence-corrected chi connectivity index (χ2v) is 8.44.